The predicted octanol–water partition coefficient (Wildman–Crippen LogP) is 2.40. The van der Waals surface area contributed by atoms with Gasteiger partial charge in [-0.1, -0.05) is 29.8 Å². The second kappa shape index (κ2) is 6.93. The van der Waals surface area contributed by atoms with Crippen molar-refractivity contribution >= 4 is 29.1 Å². The molecule has 0 spiro atoms. The van der Waals surface area contributed by atoms with Crippen LogP contribution >= 0.6 is 11.6 Å². The Hall–Kier alpha value is -2.53. The highest BCUT2D eigenvalue weighted by Gasteiger charge is 2.23. The van der Waals surface area contributed by atoms with E-state index in [0.717, 1.165) is 5.69 Å². The summed E-state index contributed by atoms with van der Waals surface area (Å²) in [6, 6.07) is 14.2. The maximum atomic E-state index is 12.6. The minimum absolute atomic E-state index is 0.0862. The van der Waals surface area contributed by atoms with Crippen molar-refractivity contribution in [2.75, 3.05) is 31.1 Å². The van der Waals surface area contributed by atoms with Crippen LogP contribution in [0, 0.1) is 0 Å². The van der Waals surface area contributed by atoms with E-state index in [4.69, 9.17) is 17.3 Å². The zero-order valence-corrected chi connectivity index (χ0v) is 13.9. The van der Waals surface area contributed by atoms with E-state index in [9.17, 15) is 9.59 Å². The first-order valence-corrected chi connectivity index (χ1v) is 8.12. The van der Waals surface area contributed by atoms with Gasteiger partial charge in [-0.2, -0.15) is 0 Å². The number of nitrogens with zero attached hydrogens (tertiary/aromatic N) is 2. The Morgan fingerprint density at radius 1 is 0.917 bits per heavy atom. The van der Waals surface area contributed by atoms with E-state index in [2.05, 4.69) is 4.90 Å². The van der Waals surface area contributed by atoms with Crippen molar-refractivity contribution in [3.63, 3.8) is 0 Å². The van der Waals surface area contributed by atoms with E-state index >= 15 is 0 Å². The van der Waals surface area contributed by atoms with Crippen LogP contribution in [-0.4, -0.2) is 42.9 Å². The Kier molecular flexibility index (Phi) is 4.71. The molecule has 1 aliphatic heterocycles. The molecule has 0 aromatic heterocycles. The maximum absolute atomic E-state index is 12.6. The van der Waals surface area contributed by atoms with Crippen LogP contribution in [0.3, 0.4) is 0 Å². The Labute approximate surface area is 145 Å². The molecule has 5 nitrogen and oxygen atoms in total. The summed E-state index contributed by atoms with van der Waals surface area (Å²) in [5.41, 5.74) is 7.09. The third-order valence-electron chi connectivity index (χ3n) is 4.15. The molecule has 0 atom stereocenters. The minimum atomic E-state index is -0.534. The highest BCUT2D eigenvalue weighted by molar-refractivity contribution is 6.33. The lowest BCUT2D eigenvalue weighted by Gasteiger charge is -2.36. The van der Waals surface area contributed by atoms with Gasteiger partial charge in [0.1, 0.15) is 0 Å². The first-order valence-electron chi connectivity index (χ1n) is 7.75. The molecule has 124 valence electrons. The number of rotatable bonds is 3. The van der Waals surface area contributed by atoms with Gasteiger partial charge in [0.25, 0.3) is 5.91 Å². The summed E-state index contributed by atoms with van der Waals surface area (Å²) in [4.78, 5) is 27.8. The van der Waals surface area contributed by atoms with Crippen LogP contribution in [-0.2, 0) is 0 Å². The molecule has 0 bridgehead atoms. The van der Waals surface area contributed by atoms with Crippen LogP contribution in [0.15, 0.2) is 48.5 Å². The standard InChI is InChI=1S/C18H18ClN3O2/c19-15-6-1-2-7-16(15)21-8-10-22(11-9-21)18(24)14-5-3-4-13(12-14)17(20)23/h1-7,12H,8-11H2,(H2,20,23). The molecule has 2 aromatic rings. The highest BCUT2D eigenvalue weighted by atomic mass is 35.5. The van der Waals surface area contributed by atoms with Crippen molar-refractivity contribution in [3.8, 4) is 0 Å². The van der Waals surface area contributed by atoms with Gasteiger partial charge in [0, 0.05) is 37.3 Å². The van der Waals surface area contributed by atoms with Gasteiger partial charge >= 0.3 is 0 Å². The monoisotopic (exact) mass is 343 g/mol. The molecule has 0 aliphatic carbocycles. The van der Waals surface area contributed by atoms with E-state index in [1.165, 1.54) is 0 Å². The maximum Gasteiger partial charge on any atom is 0.253 e. The molecule has 6 heteroatoms. The van der Waals surface area contributed by atoms with Crippen molar-refractivity contribution in [1.29, 1.82) is 0 Å². The molecule has 2 aromatic carbocycles. The quantitative estimate of drug-likeness (QED) is 0.930. The summed E-state index contributed by atoms with van der Waals surface area (Å²) in [6.45, 7) is 2.63. The van der Waals surface area contributed by atoms with Gasteiger partial charge in [0.2, 0.25) is 5.91 Å². The van der Waals surface area contributed by atoms with Gasteiger partial charge in [-0.15, -0.1) is 0 Å². The van der Waals surface area contributed by atoms with Gasteiger partial charge in [-0.3, -0.25) is 9.59 Å². The Bertz CT molecular complexity index is 770. The molecule has 1 fully saturated rings. The average Bonchev–Trinajstić information content (AvgIpc) is 2.62. The van der Waals surface area contributed by atoms with Crippen LogP contribution in [0.4, 0.5) is 5.69 Å². The van der Waals surface area contributed by atoms with E-state index in [1.54, 1.807) is 29.2 Å². The largest absolute Gasteiger partial charge is 0.367 e. The second-order valence-electron chi connectivity index (χ2n) is 5.68. The smallest absolute Gasteiger partial charge is 0.253 e. The Morgan fingerprint density at radius 3 is 2.25 bits per heavy atom. The van der Waals surface area contributed by atoms with E-state index < -0.39 is 5.91 Å². The van der Waals surface area contributed by atoms with Crippen LogP contribution in [0.5, 0.6) is 0 Å². The fraction of sp³-hybridized carbons (Fsp3) is 0.222. The predicted molar refractivity (Wildman–Crippen MR) is 94.5 cm³/mol. The summed E-state index contributed by atoms with van der Waals surface area (Å²) in [7, 11) is 0. The lowest BCUT2D eigenvalue weighted by Crippen LogP contribution is -2.48. The zero-order chi connectivity index (χ0) is 17.1. The lowest BCUT2D eigenvalue weighted by atomic mass is 10.1. The van der Waals surface area contributed by atoms with Gasteiger partial charge in [-0.25, -0.2) is 0 Å². The van der Waals surface area contributed by atoms with Gasteiger partial charge in [0.15, 0.2) is 0 Å². The number of hydrogen-bond donors (Lipinski definition) is 1. The minimum Gasteiger partial charge on any atom is -0.367 e. The number of benzene rings is 2. The molecule has 2 N–H and O–H groups in total. The molecule has 24 heavy (non-hydrogen) atoms. The summed E-state index contributed by atoms with van der Waals surface area (Å²) in [5.74, 6) is -0.620. The molecule has 0 saturated carbocycles. The van der Waals surface area contributed by atoms with Crippen molar-refractivity contribution in [1.82, 2.24) is 4.90 Å². The molecular weight excluding hydrogens is 326 g/mol. The number of hydrogen-bond acceptors (Lipinski definition) is 3. The third-order valence-corrected chi connectivity index (χ3v) is 4.47. The number of piperazine rings is 1. The van der Waals surface area contributed by atoms with Crippen molar-refractivity contribution < 1.29 is 9.59 Å². The number of anilines is 1. The molecular formula is C18H18ClN3O2. The number of halogens is 1. The van der Waals surface area contributed by atoms with E-state index in [0.29, 0.717) is 42.3 Å². The summed E-state index contributed by atoms with van der Waals surface area (Å²) in [6.07, 6.45) is 0. The van der Waals surface area contributed by atoms with Gasteiger partial charge in [0.05, 0.1) is 10.7 Å². The average molecular weight is 344 g/mol. The molecule has 0 unspecified atom stereocenters. The van der Waals surface area contributed by atoms with E-state index in [1.807, 2.05) is 24.3 Å². The Morgan fingerprint density at radius 2 is 1.58 bits per heavy atom. The summed E-state index contributed by atoms with van der Waals surface area (Å²) >= 11 is 6.23. The second-order valence-corrected chi connectivity index (χ2v) is 6.08. The lowest BCUT2D eigenvalue weighted by molar-refractivity contribution is 0.0747. The number of carbonyl (C=O) groups is 2. The van der Waals surface area contributed by atoms with Gasteiger partial charge < -0.3 is 15.5 Å². The first-order chi connectivity index (χ1) is 11.6. The number of primary amides is 1. The summed E-state index contributed by atoms with van der Waals surface area (Å²) in [5, 5.41) is 0.714. The van der Waals surface area contributed by atoms with Crippen molar-refractivity contribution in [2.24, 2.45) is 5.73 Å². The molecule has 1 saturated heterocycles. The normalized spacial score (nSPS) is 14.5. The number of para-hydroxylation sites is 1. The SMILES string of the molecule is NC(=O)c1cccc(C(=O)N2CCN(c3ccccc3Cl)CC2)c1. The molecule has 2 amide bonds. The van der Waals surface area contributed by atoms with Crippen LogP contribution in [0.2, 0.25) is 5.02 Å². The molecule has 1 heterocycles. The van der Waals surface area contributed by atoms with Crippen molar-refractivity contribution in [2.45, 2.75) is 0 Å². The number of nitrogens with two attached hydrogens (primary N) is 1. The summed E-state index contributed by atoms with van der Waals surface area (Å²) < 4.78 is 0. The fourth-order valence-electron chi connectivity index (χ4n) is 2.85. The third kappa shape index (κ3) is 3.36. The first kappa shape index (κ1) is 16.3. The van der Waals surface area contributed by atoms with Crippen LogP contribution in [0.1, 0.15) is 20.7 Å². The van der Waals surface area contributed by atoms with Gasteiger partial charge in [-0.05, 0) is 30.3 Å². The Balaban J connectivity index is 1.68. The molecule has 3 rings (SSSR count). The number of amides is 2. The number of carbonyl (C=O) groups excluding carboxylic acids is 2. The highest BCUT2D eigenvalue weighted by Crippen LogP contribution is 2.26. The van der Waals surface area contributed by atoms with Crippen LogP contribution in [0.25, 0.3) is 0 Å². The molecule has 1 aliphatic rings. The topological polar surface area (TPSA) is 66.6 Å². The van der Waals surface area contributed by atoms with Crippen molar-refractivity contribution in [3.05, 3.63) is 64.7 Å². The molecule has 0 radical (unpaired) electrons. The van der Waals surface area contributed by atoms with Crippen LogP contribution < -0.4 is 10.6 Å². The zero-order valence-electron chi connectivity index (χ0n) is 13.1. The fourth-order valence-corrected chi connectivity index (χ4v) is 3.10. The van der Waals surface area contributed by atoms with E-state index in [-0.39, 0.29) is 5.91 Å².